The zero-order valence-electron chi connectivity index (χ0n) is 11.6. The number of morpholine rings is 1. The first kappa shape index (κ1) is 15.7. The number of rotatable bonds is 5. The highest BCUT2D eigenvalue weighted by molar-refractivity contribution is 5.77. The van der Waals surface area contributed by atoms with Gasteiger partial charge in [0.15, 0.2) is 6.10 Å². The zero-order chi connectivity index (χ0) is 14.4. The van der Waals surface area contributed by atoms with Crippen LogP contribution in [0.4, 0.5) is 4.79 Å². The molecule has 2 amide bonds. The summed E-state index contributed by atoms with van der Waals surface area (Å²) in [4.78, 5) is 24.5. The summed E-state index contributed by atoms with van der Waals surface area (Å²) in [6.07, 6.45) is -0.235. The van der Waals surface area contributed by atoms with Gasteiger partial charge in [0.05, 0.1) is 25.3 Å². The fraction of sp³-hybridized carbons (Fsp3) is 0.833. The molecule has 2 N–H and O–H groups in total. The molecular formula is C12H22N2O5. The minimum atomic E-state index is -1.09. The van der Waals surface area contributed by atoms with E-state index in [4.69, 9.17) is 14.6 Å². The molecule has 0 bridgehead atoms. The monoisotopic (exact) mass is 274 g/mol. The number of carboxylic acids is 1. The maximum atomic E-state index is 12.1. The Balaban J connectivity index is 2.52. The number of carbonyl (C=O) groups is 2. The number of nitrogens with zero attached hydrogens (tertiary/aromatic N) is 1. The number of hydrogen-bond acceptors (Lipinski definition) is 4. The molecule has 1 heterocycles. The summed E-state index contributed by atoms with van der Waals surface area (Å²) in [5.74, 6) is -1.09. The minimum absolute atomic E-state index is 0.00811. The van der Waals surface area contributed by atoms with Crippen molar-refractivity contribution in [3.63, 3.8) is 0 Å². The Bertz CT molecular complexity index is 323. The van der Waals surface area contributed by atoms with Gasteiger partial charge in [0.2, 0.25) is 0 Å². The molecule has 0 aromatic heterocycles. The topological polar surface area (TPSA) is 88.1 Å². The van der Waals surface area contributed by atoms with E-state index in [1.165, 1.54) is 7.11 Å². The maximum Gasteiger partial charge on any atom is 0.334 e. The number of ether oxygens (including phenoxy) is 2. The highest BCUT2D eigenvalue weighted by atomic mass is 16.5. The molecule has 1 fully saturated rings. The van der Waals surface area contributed by atoms with E-state index in [2.05, 4.69) is 5.32 Å². The Morgan fingerprint density at radius 3 is 2.79 bits per heavy atom. The van der Waals surface area contributed by atoms with E-state index < -0.39 is 12.1 Å². The van der Waals surface area contributed by atoms with Crippen LogP contribution >= 0.6 is 0 Å². The summed E-state index contributed by atoms with van der Waals surface area (Å²) in [7, 11) is 1.30. The van der Waals surface area contributed by atoms with Gasteiger partial charge < -0.3 is 24.8 Å². The number of hydrogen-bond donors (Lipinski definition) is 2. The van der Waals surface area contributed by atoms with Crippen LogP contribution < -0.4 is 5.32 Å². The molecule has 7 nitrogen and oxygen atoms in total. The standard InChI is InChI=1S/C12H22N2O5/c1-4-9-7-19-8(2)6-14(9)12(17)13-5-10(18-3)11(15)16/h8-10H,4-7H2,1-3H3,(H,13,17)(H,15,16). The van der Waals surface area contributed by atoms with Crippen LogP contribution in [-0.4, -0.2) is 67.1 Å². The number of methoxy groups -OCH3 is 1. The first-order valence-corrected chi connectivity index (χ1v) is 6.41. The number of urea groups is 1. The van der Waals surface area contributed by atoms with Crippen LogP contribution in [0.5, 0.6) is 0 Å². The number of nitrogens with one attached hydrogen (secondary N) is 1. The molecule has 0 aromatic rings. The molecule has 7 heteroatoms. The van der Waals surface area contributed by atoms with Crippen LogP contribution in [0, 0.1) is 0 Å². The van der Waals surface area contributed by atoms with Crippen molar-refractivity contribution in [2.24, 2.45) is 0 Å². The second-order valence-corrected chi connectivity index (χ2v) is 4.61. The van der Waals surface area contributed by atoms with Gasteiger partial charge >= 0.3 is 12.0 Å². The van der Waals surface area contributed by atoms with Crippen LogP contribution in [0.15, 0.2) is 0 Å². The second-order valence-electron chi connectivity index (χ2n) is 4.61. The maximum absolute atomic E-state index is 12.1. The predicted octanol–water partition coefficient (Wildman–Crippen LogP) is 0.295. The summed E-state index contributed by atoms with van der Waals surface area (Å²) < 4.78 is 10.3. The van der Waals surface area contributed by atoms with E-state index in [9.17, 15) is 9.59 Å². The Kier molecular flexibility index (Phi) is 6.04. The van der Waals surface area contributed by atoms with Crippen molar-refractivity contribution in [3.8, 4) is 0 Å². The molecule has 110 valence electrons. The van der Waals surface area contributed by atoms with Crippen molar-refractivity contribution in [1.82, 2.24) is 10.2 Å². The molecule has 0 saturated carbocycles. The highest BCUT2D eigenvalue weighted by Gasteiger charge is 2.30. The number of amides is 2. The van der Waals surface area contributed by atoms with Gasteiger partial charge in [-0.3, -0.25) is 0 Å². The van der Waals surface area contributed by atoms with Crippen molar-refractivity contribution in [2.45, 2.75) is 38.5 Å². The molecular weight excluding hydrogens is 252 g/mol. The molecule has 1 rings (SSSR count). The lowest BCUT2D eigenvalue weighted by atomic mass is 10.1. The first-order chi connectivity index (χ1) is 8.99. The van der Waals surface area contributed by atoms with E-state index in [0.717, 1.165) is 6.42 Å². The zero-order valence-corrected chi connectivity index (χ0v) is 11.6. The Morgan fingerprint density at radius 1 is 1.58 bits per heavy atom. The van der Waals surface area contributed by atoms with Crippen molar-refractivity contribution >= 4 is 12.0 Å². The van der Waals surface area contributed by atoms with Gasteiger partial charge in [-0.1, -0.05) is 6.92 Å². The van der Waals surface area contributed by atoms with Gasteiger partial charge in [0, 0.05) is 13.7 Å². The van der Waals surface area contributed by atoms with Crippen molar-refractivity contribution in [1.29, 1.82) is 0 Å². The lowest BCUT2D eigenvalue weighted by molar-refractivity contribution is -0.148. The van der Waals surface area contributed by atoms with Gasteiger partial charge in [0.25, 0.3) is 0 Å². The van der Waals surface area contributed by atoms with E-state index in [0.29, 0.717) is 13.2 Å². The van der Waals surface area contributed by atoms with Crippen molar-refractivity contribution in [3.05, 3.63) is 0 Å². The number of carboxylic acid groups (broad SMARTS) is 1. The molecule has 1 aliphatic rings. The Labute approximate surface area is 112 Å². The smallest absolute Gasteiger partial charge is 0.334 e. The van der Waals surface area contributed by atoms with E-state index in [1.54, 1.807) is 4.90 Å². The SMILES string of the molecule is CCC1COC(C)CN1C(=O)NCC(OC)C(=O)O. The fourth-order valence-electron chi connectivity index (χ4n) is 1.98. The summed E-state index contributed by atoms with van der Waals surface area (Å²) in [5, 5.41) is 11.4. The molecule has 0 spiro atoms. The summed E-state index contributed by atoms with van der Waals surface area (Å²) in [5.41, 5.74) is 0. The number of carbonyl (C=O) groups excluding carboxylic acids is 1. The largest absolute Gasteiger partial charge is 0.479 e. The molecule has 3 atom stereocenters. The minimum Gasteiger partial charge on any atom is -0.479 e. The van der Waals surface area contributed by atoms with Crippen LogP contribution in [-0.2, 0) is 14.3 Å². The molecule has 19 heavy (non-hydrogen) atoms. The van der Waals surface area contributed by atoms with Crippen molar-refractivity contribution in [2.75, 3.05) is 26.8 Å². The summed E-state index contributed by atoms with van der Waals surface area (Å²) in [6.45, 7) is 4.86. The summed E-state index contributed by atoms with van der Waals surface area (Å²) >= 11 is 0. The predicted molar refractivity (Wildman–Crippen MR) is 68.0 cm³/mol. The van der Waals surface area contributed by atoms with Gasteiger partial charge in [-0.2, -0.15) is 0 Å². The van der Waals surface area contributed by atoms with E-state index in [-0.39, 0.29) is 24.7 Å². The van der Waals surface area contributed by atoms with Gasteiger partial charge in [0.1, 0.15) is 0 Å². The lowest BCUT2D eigenvalue weighted by Crippen LogP contribution is -2.55. The van der Waals surface area contributed by atoms with Gasteiger partial charge in [-0.15, -0.1) is 0 Å². The molecule has 1 saturated heterocycles. The van der Waals surface area contributed by atoms with Crippen molar-refractivity contribution < 1.29 is 24.2 Å². The van der Waals surface area contributed by atoms with E-state index >= 15 is 0 Å². The van der Waals surface area contributed by atoms with E-state index in [1.807, 2.05) is 13.8 Å². The first-order valence-electron chi connectivity index (χ1n) is 6.41. The fourth-order valence-corrected chi connectivity index (χ4v) is 1.98. The Hall–Kier alpha value is -1.34. The molecule has 1 aliphatic heterocycles. The third-order valence-corrected chi connectivity index (χ3v) is 3.20. The number of aliphatic carboxylic acids is 1. The van der Waals surface area contributed by atoms with Crippen LogP contribution in [0.2, 0.25) is 0 Å². The lowest BCUT2D eigenvalue weighted by Gasteiger charge is -2.38. The van der Waals surface area contributed by atoms with Crippen LogP contribution in [0.25, 0.3) is 0 Å². The quantitative estimate of drug-likeness (QED) is 0.752. The average molecular weight is 274 g/mol. The third-order valence-electron chi connectivity index (χ3n) is 3.20. The van der Waals surface area contributed by atoms with Crippen LogP contribution in [0.1, 0.15) is 20.3 Å². The highest BCUT2D eigenvalue weighted by Crippen LogP contribution is 2.14. The molecule has 0 radical (unpaired) electrons. The third kappa shape index (κ3) is 4.36. The van der Waals surface area contributed by atoms with Crippen LogP contribution in [0.3, 0.4) is 0 Å². The average Bonchev–Trinajstić information content (AvgIpc) is 2.38. The molecule has 0 aromatic carbocycles. The summed E-state index contributed by atoms with van der Waals surface area (Å²) in [6, 6.07) is -0.243. The van der Waals surface area contributed by atoms with Gasteiger partial charge in [-0.05, 0) is 13.3 Å². The normalized spacial score (nSPS) is 24.9. The van der Waals surface area contributed by atoms with Gasteiger partial charge in [-0.25, -0.2) is 9.59 Å². The Morgan fingerprint density at radius 2 is 2.26 bits per heavy atom. The second kappa shape index (κ2) is 7.30. The molecule has 0 aliphatic carbocycles. The molecule has 3 unspecified atom stereocenters.